The Labute approximate surface area is 159 Å². The fourth-order valence-electron chi connectivity index (χ4n) is 4.27. The predicted octanol–water partition coefficient (Wildman–Crippen LogP) is 6.27. The number of hydrogen-bond acceptors (Lipinski definition) is 1. The molecule has 0 atom stereocenters. The highest BCUT2D eigenvalue weighted by Crippen LogP contribution is 2.39. The van der Waals surface area contributed by atoms with Gasteiger partial charge in [0.1, 0.15) is 24.0 Å². The van der Waals surface area contributed by atoms with Gasteiger partial charge in [0.05, 0.1) is 5.56 Å². The number of nitrogens with zero attached hydrogens (tertiary/aromatic N) is 1. The summed E-state index contributed by atoms with van der Waals surface area (Å²) in [6.07, 6.45) is 2.18. The molecule has 0 saturated heterocycles. The second kappa shape index (κ2) is 6.19. The van der Waals surface area contributed by atoms with Crippen LogP contribution >= 0.6 is 0 Å². The Bertz CT molecular complexity index is 1200. The van der Waals surface area contributed by atoms with Crippen molar-refractivity contribution in [1.82, 2.24) is 0 Å². The van der Waals surface area contributed by atoms with Gasteiger partial charge < -0.3 is 4.42 Å². The molecule has 0 saturated carbocycles. The van der Waals surface area contributed by atoms with Crippen LogP contribution in [0.2, 0.25) is 0 Å². The second-order valence-electron chi connectivity index (χ2n) is 7.89. The van der Waals surface area contributed by atoms with E-state index in [0.717, 1.165) is 38.7 Å². The fraction of sp³-hybridized carbons (Fsp3) is 0.292. The summed E-state index contributed by atoms with van der Waals surface area (Å²) in [7, 11) is 2.07. The summed E-state index contributed by atoms with van der Waals surface area (Å²) < 4.78 is 22.1. The molecule has 4 aromatic rings. The van der Waals surface area contributed by atoms with Crippen LogP contribution < -0.4 is 4.57 Å². The quantitative estimate of drug-likeness (QED) is 0.384. The number of pyridine rings is 1. The van der Waals surface area contributed by atoms with Crippen LogP contribution in [0.3, 0.4) is 0 Å². The smallest absolute Gasteiger partial charge is 0.216 e. The molecule has 0 amide bonds. The van der Waals surface area contributed by atoms with E-state index in [-0.39, 0.29) is 5.82 Å². The van der Waals surface area contributed by atoms with Gasteiger partial charge in [-0.25, -0.2) is 8.96 Å². The first kappa shape index (κ1) is 17.7. The van der Waals surface area contributed by atoms with Crippen LogP contribution in [0.1, 0.15) is 42.0 Å². The van der Waals surface area contributed by atoms with Crippen LogP contribution in [-0.2, 0) is 7.05 Å². The van der Waals surface area contributed by atoms with Crippen LogP contribution in [0.15, 0.2) is 40.9 Å². The molecular weight excluding hydrogens is 337 g/mol. The first-order valence-corrected chi connectivity index (χ1v) is 9.40. The lowest BCUT2D eigenvalue weighted by Gasteiger charge is -2.13. The van der Waals surface area contributed by atoms with Gasteiger partial charge in [-0.2, -0.15) is 0 Å². The number of hydrogen-bond donors (Lipinski definition) is 0. The molecule has 0 aliphatic rings. The van der Waals surface area contributed by atoms with E-state index in [4.69, 9.17) is 4.42 Å². The maximum atomic E-state index is 13.8. The van der Waals surface area contributed by atoms with Gasteiger partial charge >= 0.3 is 0 Å². The molecule has 2 nitrogen and oxygen atoms in total. The lowest BCUT2D eigenvalue weighted by Crippen LogP contribution is -2.32. The van der Waals surface area contributed by atoms with Crippen LogP contribution in [0.5, 0.6) is 0 Å². The van der Waals surface area contributed by atoms with Gasteiger partial charge in [-0.15, -0.1) is 0 Å². The predicted molar refractivity (Wildman–Crippen MR) is 109 cm³/mol. The van der Waals surface area contributed by atoms with Crippen molar-refractivity contribution in [2.75, 3.05) is 0 Å². The topological polar surface area (TPSA) is 17.0 Å². The van der Waals surface area contributed by atoms with E-state index in [1.807, 2.05) is 6.07 Å². The van der Waals surface area contributed by atoms with E-state index in [1.54, 1.807) is 0 Å². The van der Waals surface area contributed by atoms with Crippen molar-refractivity contribution in [2.45, 2.75) is 40.5 Å². The van der Waals surface area contributed by atoms with Crippen LogP contribution in [0, 0.1) is 26.6 Å². The van der Waals surface area contributed by atoms with Crippen molar-refractivity contribution >= 4 is 21.9 Å². The van der Waals surface area contributed by atoms with Gasteiger partial charge in [-0.1, -0.05) is 19.9 Å². The van der Waals surface area contributed by atoms with Crippen LogP contribution in [0.4, 0.5) is 4.39 Å². The number of fused-ring (bicyclic) bond motifs is 3. The Kier molecular flexibility index (Phi) is 4.06. The SMILES string of the molecule is Cc1c[n+](C)c(-c2c(C)cc(C)c3c2oc2cc(F)ccc23)cc1C(C)C. The molecule has 3 heteroatoms. The van der Waals surface area contributed by atoms with E-state index in [1.165, 1.54) is 23.3 Å². The number of benzene rings is 2. The highest BCUT2D eigenvalue weighted by Gasteiger charge is 2.24. The van der Waals surface area contributed by atoms with Gasteiger partial charge in [0, 0.05) is 28.5 Å². The molecule has 0 N–H and O–H groups in total. The van der Waals surface area contributed by atoms with E-state index in [9.17, 15) is 4.39 Å². The van der Waals surface area contributed by atoms with Crippen molar-refractivity contribution in [3.63, 3.8) is 0 Å². The summed E-state index contributed by atoms with van der Waals surface area (Å²) in [4.78, 5) is 0. The van der Waals surface area contributed by atoms with E-state index < -0.39 is 0 Å². The Morgan fingerprint density at radius 2 is 1.70 bits per heavy atom. The van der Waals surface area contributed by atoms with Gasteiger partial charge in [0.2, 0.25) is 5.69 Å². The van der Waals surface area contributed by atoms with Crippen molar-refractivity contribution in [1.29, 1.82) is 0 Å². The molecule has 0 bridgehead atoms. The fourth-order valence-corrected chi connectivity index (χ4v) is 4.27. The van der Waals surface area contributed by atoms with E-state index in [2.05, 4.69) is 64.6 Å². The van der Waals surface area contributed by atoms with Crippen LogP contribution in [-0.4, -0.2) is 0 Å². The second-order valence-corrected chi connectivity index (χ2v) is 7.89. The zero-order valence-corrected chi connectivity index (χ0v) is 16.8. The number of aryl methyl sites for hydroxylation is 4. The molecule has 138 valence electrons. The first-order chi connectivity index (χ1) is 12.8. The van der Waals surface area contributed by atoms with Crippen molar-refractivity contribution in [3.8, 4) is 11.3 Å². The van der Waals surface area contributed by atoms with Crippen molar-refractivity contribution < 1.29 is 13.4 Å². The summed E-state index contributed by atoms with van der Waals surface area (Å²) in [5, 5.41) is 2.03. The van der Waals surface area contributed by atoms with Gasteiger partial charge in [-0.05, 0) is 55.5 Å². The Morgan fingerprint density at radius 3 is 2.41 bits per heavy atom. The van der Waals surface area contributed by atoms with Crippen LogP contribution in [0.25, 0.3) is 33.2 Å². The summed E-state index contributed by atoms with van der Waals surface area (Å²) in [5.74, 6) is 0.163. The van der Waals surface area contributed by atoms with E-state index in [0.29, 0.717) is 11.5 Å². The molecule has 0 fully saturated rings. The number of halogens is 1. The molecule has 2 aromatic carbocycles. The van der Waals surface area contributed by atoms with Crippen molar-refractivity contribution in [3.05, 3.63) is 64.6 Å². The normalized spacial score (nSPS) is 11.9. The van der Waals surface area contributed by atoms with Gasteiger partial charge in [0.25, 0.3) is 0 Å². The minimum Gasteiger partial charge on any atom is -0.455 e. The third kappa shape index (κ3) is 2.73. The van der Waals surface area contributed by atoms with Gasteiger partial charge in [0.15, 0.2) is 6.20 Å². The van der Waals surface area contributed by atoms with Crippen molar-refractivity contribution in [2.24, 2.45) is 7.05 Å². The monoisotopic (exact) mass is 362 g/mol. The summed E-state index contributed by atoms with van der Waals surface area (Å²) >= 11 is 0. The Morgan fingerprint density at radius 1 is 0.963 bits per heavy atom. The first-order valence-electron chi connectivity index (χ1n) is 9.40. The highest BCUT2D eigenvalue weighted by atomic mass is 19.1. The molecular formula is C24H25FNO+. The lowest BCUT2D eigenvalue weighted by molar-refractivity contribution is -0.660. The average Bonchev–Trinajstić information content (AvgIpc) is 2.94. The molecule has 4 rings (SSSR count). The average molecular weight is 362 g/mol. The standard InChI is InChI=1S/C24H25FNO/c1-13(2)19-11-20(26(6)12-16(19)5)23-15(4)9-14(3)22-18-8-7-17(25)10-21(18)27-24(22)23/h7-13H,1-6H3/q+1. The summed E-state index contributed by atoms with van der Waals surface area (Å²) in [5.41, 5.74) is 8.55. The Balaban J connectivity index is 2.14. The highest BCUT2D eigenvalue weighted by molar-refractivity contribution is 6.11. The molecule has 0 aliphatic heterocycles. The molecule has 0 aliphatic carbocycles. The minimum atomic E-state index is -0.277. The molecule has 0 unspecified atom stereocenters. The third-order valence-corrected chi connectivity index (χ3v) is 5.49. The molecule has 0 spiro atoms. The number of rotatable bonds is 2. The molecule has 27 heavy (non-hydrogen) atoms. The third-order valence-electron chi connectivity index (χ3n) is 5.49. The number of furan rings is 1. The molecule has 2 heterocycles. The van der Waals surface area contributed by atoms with E-state index >= 15 is 0 Å². The summed E-state index contributed by atoms with van der Waals surface area (Å²) in [6.45, 7) is 10.8. The summed E-state index contributed by atoms with van der Waals surface area (Å²) in [6, 6.07) is 9.26. The Hall–Kier alpha value is -2.68. The number of aromatic nitrogens is 1. The zero-order chi connectivity index (χ0) is 19.5. The maximum absolute atomic E-state index is 13.8. The molecule has 0 radical (unpaired) electrons. The molecule has 2 aromatic heterocycles. The van der Waals surface area contributed by atoms with Gasteiger partial charge in [-0.3, -0.25) is 0 Å². The largest absolute Gasteiger partial charge is 0.455 e. The lowest BCUT2D eigenvalue weighted by atomic mass is 9.93. The minimum absolute atomic E-state index is 0.277. The maximum Gasteiger partial charge on any atom is 0.216 e. The zero-order valence-electron chi connectivity index (χ0n) is 16.8.